The minimum Gasteiger partial charge on any atom is -0.507 e. The van der Waals surface area contributed by atoms with Gasteiger partial charge in [0, 0.05) is 42.0 Å². The quantitative estimate of drug-likeness (QED) is 0.376. The van der Waals surface area contributed by atoms with E-state index in [1.165, 1.54) is 25.7 Å². The number of hydrogen-bond donors (Lipinski definition) is 2. The highest BCUT2D eigenvalue weighted by molar-refractivity contribution is 9.10. The number of halogens is 2. The van der Waals surface area contributed by atoms with E-state index in [1.807, 2.05) is 0 Å². The SMILES string of the molecule is Cc1c(Br)cc(C2(C)CCC3CC32C)c(O)c1-c1c(C)c(Br)cc(C2(C)CCC3CC32C)c1O. The summed E-state index contributed by atoms with van der Waals surface area (Å²) >= 11 is 7.67. The Morgan fingerprint density at radius 3 is 1.32 bits per heavy atom. The first-order valence-corrected chi connectivity index (χ1v) is 14.4. The van der Waals surface area contributed by atoms with Gasteiger partial charge in [0.1, 0.15) is 11.5 Å². The van der Waals surface area contributed by atoms with Crippen LogP contribution in [0.15, 0.2) is 21.1 Å². The number of fused-ring (bicyclic) bond motifs is 2. The molecular weight excluding hydrogens is 552 g/mol. The molecule has 0 amide bonds. The molecule has 0 bridgehead atoms. The summed E-state index contributed by atoms with van der Waals surface area (Å²) in [7, 11) is 0. The fraction of sp³-hybridized carbons (Fsp3) is 0.600. The molecule has 0 saturated heterocycles. The molecule has 4 aliphatic carbocycles. The van der Waals surface area contributed by atoms with Crippen molar-refractivity contribution in [3.63, 3.8) is 0 Å². The van der Waals surface area contributed by atoms with Gasteiger partial charge in [0.05, 0.1) is 0 Å². The minimum atomic E-state index is -0.0583. The van der Waals surface area contributed by atoms with Crippen molar-refractivity contribution >= 4 is 31.9 Å². The molecule has 0 spiro atoms. The number of hydrogen-bond acceptors (Lipinski definition) is 2. The summed E-state index contributed by atoms with van der Waals surface area (Å²) in [6, 6.07) is 4.30. The second kappa shape index (κ2) is 6.85. The second-order valence-electron chi connectivity index (χ2n) is 12.9. The first-order valence-electron chi connectivity index (χ1n) is 12.9. The lowest BCUT2D eigenvalue weighted by Crippen LogP contribution is -2.30. The van der Waals surface area contributed by atoms with Gasteiger partial charge in [-0.25, -0.2) is 0 Å². The molecule has 2 aromatic rings. The third-order valence-electron chi connectivity index (χ3n) is 11.8. The first kappa shape index (κ1) is 23.4. The van der Waals surface area contributed by atoms with Crippen LogP contribution in [-0.2, 0) is 10.8 Å². The largest absolute Gasteiger partial charge is 0.507 e. The van der Waals surface area contributed by atoms with Crippen molar-refractivity contribution in [2.75, 3.05) is 0 Å². The Morgan fingerprint density at radius 1 is 0.706 bits per heavy atom. The Morgan fingerprint density at radius 2 is 1.06 bits per heavy atom. The predicted octanol–water partition coefficient (Wildman–Crippen LogP) is 9.06. The molecule has 0 aliphatic heterocycles. The van der Waals surface area contributed by atoms with Gasteiger partial charge in [-0.1, -0.05) is 59.6 Å². The molecule has 4 heteroatoms. The smallest absolute Gasteiger partial charge is 0.127 e. The summed E-state index contributed by atoms with van der Waals surface area (Å²) in [6.45, 7) is 13.6. The summed E-state index contributed by atoms with van der Waals surface area (Å²) in [6.07, 6.45) is 7.15. The molecule has 182 valence electrons. The Balaban J connectivity index is 1.61. The topological polar surface area (TPSA) is 40.5 Å². The van der Waals surface area contributed by atoms with E-state index in [1.54, 1.807) is 0 Å². The van der Waals surface area contributed by atoms with Crippen molar-refractivity contribution in [2.45, 2.75) is 90.9 Å². The lowest BCUT2D eigenvalue weighted by Gasteiger charge is -2.37. The summed E-state index contributed by atoms with van der Waals surface area (Å²) in [5.74, 6) is 2.24. The monoisotopic (exact) mass is 586 g/mol. The van der Waals surface area contributed by atoms with Gasteiger partial charge in [-0.2, -0.15) is 0 Å². The zero-order valence-electron chi connectivity index (χ0n) is 21.2. The van der Waals surface area contributed by atoms with Crippen molar-refractivity contribution in [3.05, 3.63) is 43.3 Å². The van der Waals surface area contributed by atoms with Crippen LogP contribution in [0.25, 0.3) is 11.1 Å². The molecule has 0 heterocycles. The van der Waals surface area contributed by atoms with E-state index in [9.17, 15) is 10.2 Å². The zero-order valence-corrected chi connectivity index (χ0v) is 24.4. The van der Waals surface area contributed by atoms with Crippen LogP contribution in [0.4, 0.5) is 0 Å². The van der Waals surface area contributed by atoms with Crippen molar-refractivity contribution < 1.29 is 10.2 Å². The Kier molecular flexibility index (Phi) is 4.72. The van der Waals surface area contributed by atoms with Crippen LogP contribution in [-0.4, -0.2) is 10.2 Å². The molecule has 6 atom stereocenters. The lowest BCUT2D eigenvalue weighted by atomic mass is 9.68. The van der Waals surface area contributed by atoms with Crippen LogP contribution in [0.5, 0.6) is 11.5 Å². The molecule has 2 N–H and O–H groups in total. The van der Waals surface area contributed by atoms with Crippen molar-refractivity contribution in [3.8, 4) is 22.6 Å². The average Bonchev–Trinajstić information content (AvgIpc) is 3.61. The van der Waals surface area contributed by atoms with E-state index in [2.05, 4.69) is 85.5 Å². The fourth-order valence-electron chi connectivity index (χ4n) is 8.40. The maximum Gasteiger partial charge on any atom is 0.127 e. The van der Waals surface area contributed by atoms with Gasteiger partial charge in [-0.3, -0.25) is 0 Å². The molecule has 6 rings (SSSR count). The van der Waals surface area contributed by atoms with Gasteiger partial charge in [0.2, 0.25) is 0 Å². The standard InChI is InChI=1S/C30H36Br2O2/c1-15-21(31)11-19(27(3)9-7-17-13-29(17,27)5)25(33)23(15)24-16(2)22(32)12-20(26(24)34)28(4)10-8-18-14-30(18,28)6/h11-12,17-18,33-34H,7-10,13-14H2,1-6H3. The predicted molar refractivity (Wildman–Crippen MR) is 146 cm³/mol. The fourth-order valence-corrected chi connectivity index (χ4v) is 9.26. The Bertz CT molecular complexity index is 1170. The maximum absolute atomic E-state index is 11.9. The van der Waals surface area contributed by atoms with E-state index in [0.29, 0.717) is 11.5 Å². The summed E-state index contributed by atoms with van der Waals surface area (Å²) in [5.41, 5.74) is 5.99. The number of aromatic hydroxyl groups is 2. The maximum atomic E-state index is 11.9. The number of phenolic OH excluding ortho intramolecular Hbond substituents is 2. The molecule has 34 heavy (non-hydrogen) atoms. The summed E-state index contributed by atoms with van der Waals surface area (Å²) in [4.78, 5) is 0. The van der Waals surface area contributed by atoms with Crippen LogP contribution < -0.4 is 0 Å². The molecule has 0 radical (unpaired) electrons. The minimum absolute atomic E-state index is 0.0583. The number of benzene rings is 2. The van der Waals surface area contributed by atoms with Crippen molar-refractivity contribution in [1.29, 1.82) is 0 Å². The molecular formula is C30H36Br2O2. The van der Waals surface area contributed by atoms with E-state index in [-0.39, 0.29) is 21.7 Å². The third kappa shape index (κ3) is 2.63. The van der Waals surface area contributed by atoms with E-state index in [4.69, 9.17) is 0 Å². The van der Waals surface area contributed by atoms with Gasteiger partial charge in [-0.05, 0) is 98.3 Å². The van der Waals surface area contributed by atoms with E-state index >= 15 is 0 Å². The highest BCUT2D eigenvalue weighted by Crippen LogP contribution is 2.75. The molecule has 4 saturated carbocycles. The van der Waals surface area contributed by atoms with Crippen molar-refractivity contribution in [1.82, 2.24) is 0 Å². The Labute approximate surface area is 220 Å². The molecule has 2 nitrogen and oxygen atoms in total. The summed E-state index contributed by atoms with van der Waals surface area (Å²) in [5, 5.41) is 23.9. The molecule has 0 aromatic heterocycles. The van der Waals surface area contributed by atoms with Gasteiger partial charge >= 0.3 is 0 Å². The van der Waals surface area contributed by atoms with Crippen molar-refractivity contribution in [2.24, 2.45) is 22.7 Å². The third-order valence-corrected chi connectivity index (χ3v) is 13.4. The molecule has 4 aliphatic rings. The highest BCUT2D eigenvalue weighted by atomic mass is 79.9. The second-order valence-corrected chi connectivity index (χ2v) is 14.6. The van der Waals surface area contributed by atoms with Gasteiger partial charge < -0.3 is 10.2 Å². The number of phenols is 2. The van der Waals surface area contributed by atoms with Crippen LogP contribution in [0, 0.1) is 36.5 Å². The number of rotatable bonds is 3. The normalized spacial score (nSPS) is 39.8. The van der Waals surface area contributed by atoms with E-state index in [0.717, 1.165) is 67.0 Å². The van der Waals surface area contributed by atoms with Crippen LogP contribution in [0.1, 0.15) is 88.5 Å². The first-order chi connectivity index (χ1) is 15.8. The molecule has 6 unspecified atom stereocenters. The van der Waals surface area contributed by atoms with Crippen LogP contribution in [0.2, 0.25) is 0 Å². The van der Waals surface area contributed by atoms with Gasteiger partial charge in [-0.15, -0.1) is 0 Å². The lowest BCUT2D eigenvalue weighted by molar-refractivity contribution is 0.298. The van der Waals surface area contributed by atoms with Crippen LogP contribution in [0.3, 0.4) is 0 Å². The van der Waals surface area contributed by atoms with Crippen LogP contribution >= 0.6 is 31.9 Å². The van der Waals surface area contributed by atoms with E-state index < -0.39 is 0 Å². The van der Waals surface area contributed by atoms with Gasteiger partial charge in [0.25, 0.3) is 0 Å². The average molecular weight is 588 g/mol. The Hall–Kier alpha value is -1.00. The molecule has 2 aromatic carbocycles. The van der Waals surface area contributed by atoms with Gasteiger partial charge in [0.15, 0.2) is 0 Å². The summed E-state index contributed by atoms with van der Waals surface area (Å²) < 4.78 is 2.01. The highest BCUT2D eigenvalue weighted by Gasteiger charge is 2.67. The zero-order chi connectivity index (χ0) is 24.6. The molecule has 4 fully saturated rings.